The van der Waals surface area contributed by atoms with Crippen LogP contribution in [0.5, 0.6) is 0 Å². The summed E-state index contributed by atoms with van der Waals surface area (Å²) in [7, 11) is 0. The molecular weight excluding hydrogens is 952 g/mol. The summed E-state index contributed by atoms with van der Waals surface area (Å²) in [6.07, 6.45) is 0. The number of aliphatic hydroxyl groups excluding tert-OH is 1. The van der Waals surface area contributed by atoms with Crippen molar-refractivity contribution in [2.45, 2.75) is 2.29 Å². The topological polar surface area (TPSA) is 20.2 Å². The van der Waals surface area contributed by atoms with E-state index in [1.54, 1.807) is 0 Å². The van der Waals surface area contributed by atoms with Gasteiger partial charge in [-0.3, -0.25) is 0 Å². The van der Waals surface area contributed by atoms with Gasteiger partial charge in [0.1, 0.15) is 2.29 Å². The Morgan fingerprint density at radius 1 is 0.833 bits per heavy atom. The molecule has 0 radical (unpaired) electrons. The molecule has 0 fully saturated rings. The molecule has 0 aromatic rings. The molecule has 0 aliphatic heterocycles. The number of hydrogen-bond donors (Lipinski definition) is 1. The second-order valence-electron chi connectivity index (χ2n) is 1.93. The van der Waals surface area contributed by atoms with E-state index in [2.05, 4.69) is 158 Å². The number of hydrogen-bond acceptors (Lipinski definition) is 1. The summed E-state index contributed by atoms with van der Waals surface area (Å²) in [6.45, 7) is 0.191. The van der Waals surface area contributed by atoms with E-state index in [1.807, 2.05) is 0 Å². The van der Waals surface area contributed by atoms with E-state index in [-0.39, 0.29) is 8.90 Å². The fourth-order valence-electron chi connectivity index (χ4n) is 0.307. The van der Waals surface area contributed by atoms with Gasteiger partial charge < -0.3 is 5.11 Å². The smallest absolute Gasteiger partial charge is 0.149 e. The van der Waals surface area contributed by atoms with E-state index in [0.717, 1.165) is 0 Å². The van der Waals surface area contributed by atoms with Crippen molar-refractivity contribution < 1.29 is 5.11 Å². The molecule has 0 unspecified atom stereocenters. The number of aliphatic hydroxyl groups is 1. The van der Waals surface area contributed by atoms with Crippen molar-refractivity contribution in [3.63, 3.8) is 0 Å². The molecule has 0 aliphatic carbocycles. The first-order valence-corrected chi connectivity index (χ1v) is 10.0. The molecule has 74 valence electrons. The van der Waals surface area contributed by atoms with Crippen LogP contribution >= 0.6 is 158 Å². The van der Waals surface area contributed by atoms with E-state index >= 15 is 0 Å². The number of alkyl halides is 7. The lowest BCUT2D eigenvalue weighted by Gasteiger charge is -2.39. The normalized spacial score (nSPS) is 15.0. The molecule has 0 heterocycles. The third-order valence-corrected chi connectivity index (χ3v) is 19.5. The van der Waals surface area contributed by atoms with E-state index in [4.69, 9.17) is 0 Å². The van der Waals surface area contributed by atoms with Crippen molar-refractivity contribution >= 4 is 158 Å². The van der Waals surface area contributed by atoms with Gasteiger partial charge in [0.05, 0.1) is 6.61 Å². The summed E-state index contributed by atoms with van der Waals surface area (Å²) in [6, 6.07) is 0. The van der Waals surface area contributed by atoms with Crippen LogP contribution < -0.4 is 0 Å². The van der Waals surface area contributed by atoms with Gasteiger partial charge in [-0.1, -0.05) is 158 Å². The van der Waals surface area contributed by atoms with Crippen molar-refractivity contribution in [3.05, 3.63) is 0 Å². The van der Waals surface area contributed by atoms with Crippen LogP contribution in [-0.4, -0.2) is 14.0 Å². The largest absolute Gasteiger partial charge is 0.394 e. The predicted molar refractivity (Wildman–Crippen MR) is 113 cm³/mol. The van der Waals surface area contributed by atoms with Crippen molar-refractivity contribution in [3.8, 4) is 0 Å². The van der Waals surface area contributed by atoms with Crippen LogP contribution in [0.25, 0.3) is 0 Å². The second kappa shape index (κ2) is 6.30. The molecule has 1 N–H and O–H groups in total. The highest BCUT2D eigenvalue weighted by molar-refractivity contribution is 14.3. The first-order chi connectivity index (χ1) is 5.06. The first kappa shape index (κ1) is 17.1. The summed E-state index contributed by atoms with van der Waals surface area (Å²) in [5, 5.41) is 9.26. The minimum Gasteiger partial charge on any atom is -0.394 e. The van der Waals surface area contributed by atoms with Crippen LogP contribution in [-0.2, 0) is 0 Å². The van der Waals surface area contributed by atoms with Crippen LogP contribution in [0, 0.1) is 0 Å². The van der Waals surface area contributed by atoms with Gasteiger partial charge in [-0.15, -0.1) is 0 Å². The summed E-state index contributed by atoms with van der Waals surface area (Å²) in [4.78, 5) is 0. The molecule has 0 saturated carbocycles. The zero-order valence-corrected chi connectivity index (χ0v) is 20.4. The fourth-order valence-corrected chi connectivity index (χ4v) is 5.93. The van der Waals surface area contributed by atoms with Gasteiger partial charge in [0.2, 0.25) is 0 Å². The minimum absolute atomic E-state index is 0.00701. The molecule has 0 atom stereocenters. The third kappa shape index (κ3) is 4.39. The van der Waals surface area contributed by atoms with E-state index < -0.39 is 0 Å². The average molecular weight is 955 g/mol. The highest BCUT2D eigenvalue weighted by atomic mass is 127. The number of rotatable bonds is 3. The summed E-state index contributed by atoms with van der Waals surface area (Å²) < 4.78 is -0.0349. The summed E-state index contributed by atoms with van der Waals surface area (Å²) in [5.74, 6) is 0. The molecule has 0 spiro atoms. The molecular formula is C4H3I7O. The molecule has 8 heteroatoms. The van der Waals surface area contributed by atoms with Gasteiger partial charge in [-0.2, -0.15) is 0 Å². The van der Waals surface area contributed by atoms with Crippen molar-refractivity contribution in [1.82, 2.24) is 0 Å². The first-order valence-electron chi connectivity index (χ1n) is 2.49. The Balaban J connectivity index is 4.85. The molecule has 12 heavy (non-hydrogen) atoms. The van der Waals surface area contributed by atoms with Crippen molar-refractivity contribution in [1.29, 1.82) is 0 Å². The van der Waals surface area contributed by atoms with Crippen molar-refractivity contribution in [2.75, 3.05) is 6.61 Å². The SMILES string of the molecule is OCC(I)(I)C(I)(I)C(I)(I)I. The zero-order chi connectivity index (χ0) is 10.2. The van der Waals surface area contributed by atoms with Gasteiger partial charge in [-0.05, 0) is 0 Å². The molecule has 0 rings (SSSR count). The highest BCUT2D eigenvalue weighted by Crippen LogP contribution is 2.63. The van der Waals surface area contributed by atoms with E-state index in [1.165, 1.54) is 0 Å². The van der Waals surface area contributed by atoms with Crippen LogP contribution in [0.1, 0.15) is 0 Å². The molecule has 0 aromatic heterocycles. The Morgan fingerprint density at radius 3 is 1.25 bits per heavy atom. The van der Waals surface area contributed by atoms with Crippen molar-refractivity contribution in [2.24, 2.45) is 0 Å². The Labute approximate surface area is 167 Å². The fraction of sp³-hybridized carbons (Fsp3) is 1.00. The van der Waals surface area contributed by atoms with Crippen LogP contribution in [0.2, 0.25) is 0 Å². The molecule has 0 amide bonds. The van der Waals surface area contributed by atoms with Crippen LogP contribution in [0.15, 0.2) is 0 Å². The molecule has 1 nitrogen and oxygen atoms in total. The third-order valence-electron chi connectivity index (χ3n) is 1.01. The van der Waals surface area contributed by atoms with Crippen LogP contribution in [0.3, 0.4) is 0 Å². The molecule has 0 aromatic carbocycles. The zero-order valence-electron chi connectivity index (χ0n) is 5.30. The molecule has 0 aliphatic rings. The lowest BCUT2D eigenvalue weighted by Crippen LogP contribution is -2.45. The maximum Gasteiger partial charge on any atom is 0.149 e. The van der Waals surface area contributed by atoms with E-state index in [0.29, 0.717) is 0 Å². The predicted octanol–water partition coefficient (Wildman–Crippen LogP) is 5.07. The van der Waals surface area contributed by atoms with E-state index in [9.17, 15) is 5.11 Å². The average Bonchev–Trinajstić information content (AvgIpc) is 1.85. The highest BCUT2D eigenvalue weighted by Gasteiger charge is 2.55. The Bertz CT molecular complexity index is 159. The van der Waals surface area contributed by atoms with Gasteiger partial charge >= 0.3 is 0 Å². The maximum absolute atomic E-state index is 9.26. The maximum atomic E-state index is 9.26. The summed E-state index contributed by atoms with van der Waals surface area (Å²) in [5.41, 5.74) is 0. The summed E-state index contributed by atoms with van der Waals surface area (Å²) >= 11 is 16.7. The quantitative estimate of drug-likeness (QED) is 0.310. The lowest BCUT2D eigenvalue weighted by molar-refractivity contribution is 0.294. The Morgan fingerprint density at radius 2 is 1.17 bits per heavy atom. The van der Waals surface area contributed by atoms with Gasteiger partial charge in [-0.25, -0.2) is 0 Å². The minimum atomic E-state index is -0.132. The lowest BCUT2D eigenvalue weighted by atomic mass is 10.4. The van der Waals surface area contributed by atoms with Crippen LogP contribution in [0.4, 0.5) is 0 Å². The van der Waals surface area contributed by atoms with Gasteiger partial charge in [0.25, 0.3) is 0 Å². The molecule has 0 saturated heterocycles. The Hall–Kier alpha value is 5.07. The Kier molecular flexibility index (Phi) is 8.96. The second-order valence-corrected chi connectivity index (χ2v) is 24.0. The van der Waals surface area contributed by atoms with Gasteiger partial charge in [0.15, 0.2) is 0 Å². The standard InChI is InChI=1S/C4H3I7O/c5-2(6,1-12)3(7,8)4(9,10)11/h12H,1H2. The molecule has 0 bridgehead atoms. The van der Waals surface area contributed by atoms with Gasteiger partial charge in [0, 0.05) is 0 Å². The monoisotopic (exact) mass is 955 g/mol. The number of halogens is 7.